The Kier molecular flexibility index (Phi) is 3.30. The Bertz CT molecular complexity index is 545. The minimum Gasteiger partial charge on any atom is -0.462 e. The van der Waals surface area contributed by atoms with Crippen LogP contribution in [0.25, 0.3) is 10.1 Å². The molecule has 16 heavy (non-hydrogen) atoms. The lowest BCUT2D eigenvalue weighted by molar-refractivity contribution is 0.0531. The van der Waals surface area contributed by atoms with Crippen LogP contribution in [0.2, 0.25) is 0 Å². The maximum atomic E-state index is 11.7. The Hall–Kier alpha value is -0.870. The summed E-state index contributed by atoms with van der Waals surface area (Å²) < 4.78 is 6.96. The average molecular weight is 299 g/mol. The van der Waals surface area contributed by atoms with Crippen molar-refractivity contribution in [3.63, 3.8) is 0 Å². The Morgan fingerprint density at radius 2 is 2.25 bits per heavy atom. The summed E-state index contributed by atoms with van der Waals surface area (Å²) in [5.74, 6) is -0.256. The van der Waals surface area contributed by atoms with E-state index in [2.05, 4.69) is 22.0 Å². The molecule has 1 heterocycles. The molecule has 0 N–H and O–H groups in total. The molecule has 4 heteroatoms. The second kappa shape index (κ2) is 4.55. The van der Waals surface area contributed by atoms with E-state index in [-0.39, 0.29) is 5.97 Å². The van der Waals surface area contributed by atoms with Crippen LogP contribution < -0.4 is 0 Å². The number of benzene rings is 1. The van der Waals surface area contributed by atoms with Gasteiger partial charge in [-0.3, -0.25) is 0 Å². The minimum absolute atomic E-state index is 0.256. The molecule has 0 saturated heterocycles. The Morgan fingerprint density at radius 1 is 1.50 bits per heavy atom. The highest BCUT2D eigenvalue weighted by Gasteiger charge is 2.17. The zero-order valence-corrected chi connectivity index (χ0v) is 11.4. The molecule has 1 aromatic carbocycles. The maximum absolute atomic E-state index is 11.7. The average Bonchev–Trinajstić information content (AvgIpc) is 2.56. The van der Waals surface area contributed by atoms with Gasteiger partial charge in [0.05, 0.1) is 11.1 Å². The lowest BCUT2D eigenvalue weighted by Crippen LogP contribution is -2.02. The summed E-state index contributed by atoms with van der Waals surface area (Å²) in [4.78, 5) is 12.3. The third-order valence-corrected chi connectivity index (χ3v) is 4.46. The Balaban J connectivity index is 2.55. The summed E-state index contributed by atoms with van der Waals surface area (Å²) in [6.45, 7) is 4.25. The second-order valence-corrected chi connectivity index (χ2v) is 5.31. The van der Waals surface area contributed by atoms with Gasteiger partial charge in [-0.2, -0.15) is 0 Å². The van der Waals surface area contributed by atoms with E-state index < -0.39 is 0 Å². The lowest BCUT2D eigenvalue weighted by Gasteiger charge is -1.98. The quantitative estimate of drug-likeness (QED) is 0.779. The third-order valence-electron chi connectivity index (χ3n) is 2.25. The monoisotopic (exact) mass is 298 g/mol. The fraction of sp³-hybridized carbons (Fsp3) is 0.250. The number of aryl methyl sites for hydroxylation is 1. The molecule has 0 saturated carbocycles. The number of hydrogen-bond donors (Lipinski definition) is 0. The molecule has 2 rings (SSSR count). The molecule has 84 valence electrons. The number of carbonyl (C=O) groups excluding carboxylic acids is 1. The van der Waals surface area contributed by atoms with Crippen LogP contribution in [0.1, 0.15) is 22.2 Å². The highest BCUT2D eigenvalue weighted by atomic mass is 79.9. The predicted molar refractivity (Wildman–Crippen MR) is 70.2 cm³/mol. The molecular formula is C12H11BrO2S. The van der Waals surface area contributed by atoms with Gasteiger partial charge in [-0.15, -0.1) is 11.3 Å². The summed E-state index contributed by atoms with van der Waals surface area (Å²) in [6, 6.07) is 6.14. The number of fused-ring (bicyclic) bond motifs is 1. The SMILES string of the molecule is CCOC(=O)c1sc2cc(C)ccc2c1Br. The Labute approximate surface area is 106 Å². The van der Waals surface area contributed by atoms with Crippen molar-refractivity contribution in [2.24, 2.45) is 0 Å². The van der Waals surface area contributed by atoms with Crippen LogP contribution in [0.15, 0.2) is 22.7 Å². The van der Waals surface area contributed by atoms with Gasteiger partial charge < -0.3 is 4.74 Å². The van der Waals surface area contributed by atoms with Crippen molar-refractivity contribution in [3.8, 4) is 0 Å². The lowest BCUT2D eigenvalue weighted by atomic mass is 10.2. The molecule has 0 aliphatic carbocycles. The van der Waals surface area contributed by atoms with Gasteiger partial charge in [-0.1, -0.05) is 12.1 Å². The van der Waals surface area contributed by atoms with Crippen molar-refractivity contribution < 1.29 is 9.53 Å². The normalized spacial score (nSPS) is 10.7. The van der Waals surface area contributed by atoms with E-state index in [4.69, 9.17) is 4.74 Å². The van der Waals surface area contributed by atoms with Gasteiger partial charge in [0.1, 0.15) is 4.88 Å². The van der Waals surface area contributed by atoms with E-state index in [9.17, 15) is 4.79 Å². The van der Waals surface area contributed by atoms with Crippen LogP contribution in [0.5, 0.6) is 0 Å². The van der Waals surface area contributed by atoms with Crippen LogP contribution in [0.3, 0.4) is 0 Å². The molecule has 2 nitrogen and oxygen atoms in total. The maximum Gasteiger partial charge on any atom is 0.349 e. The number of rotatable bonds is 2. The van der Waals surface area contributed by atoms with Crippen molar-refractivity contribution >= 4 is 43.3 Å². The fourth-order valence-electron chi connectivity index (χ4n) is 1.50. The van der Waals surface area contributed by atoms with Crippen LogP contribution >= 0.6 is 27.3 Å². The highest BCUT2D eigenvalue weighted by molar-refractivity contribution is 9.10. The summed E-state index contributed by atoms with van der Waals surface area (Å²) >= 11 is 4.92. The molecule has 0 fully saturated rings. The molecule has 0 aliphatic rings. The molecule has 1 aromatic heterocycles. The van der Waals surface area contributed by atoms with E-state index >= 15 is 0 Å². The Morgan fingerprint density at radius 3 is 2.94 bits per heavy atom. The number of esters is 1. The van der Waals surface area contributed by atoms with Crippen LogP contribution in [0, 0.1) is 6.92 Å². The first-order valence-electron chi connectivity index (χ1n) is 4.99. The molecule has 2 aromatic rings. The van der Waals surface area contributed by atoms with E-state index in [1.807, 2.05) is 26.0 Å². The first-order chi connectivity index (χ1) is 7.63. The summed E-state index contributed by atoms with van der Waals surface area (Å²) in [7, 11) is 0. The van der Waals surface area contributed by atoms with Gasteiger partial charge >= 0.3 is 5.97 Å². The molecule has 0 radical (unpaired) electrons. The van der Waals surface area contributed by atoms with E-state index in [0.717, 1.165) is 14.6 Å². The molecule has 0 bridgehead atoms. The molecule has 0 atom stereocenters. The zero-order valence-electron chi connectivity index (χ0n) is 9.04. The van der Waals surface area contributed by atoms with E-state index in [1.54, 1.807) is 0 Å². The van der Waals surface area contributed by atoms with Crippen LogP contribution in [0.4, 0.5) is 0 Å². The van der Waals surface area contributed by atoms with Gasteiger partial charge in [0.2, 0.25) is 0 Å². The molecular weight excluding hydrogens is 288 g/mol. The highest BCUT2D eigenvalue weighted by Crippen LogP contribution is 2.36. The van der Waals surface area contributed by atoms with E-state index in [0.29, 0.717) is 11.5 Å². The van der Waals surface area contributed by atoms with Crippen molar-refractivity contribution in [2.75, 3.05) is 6.61 Å². The van der Waals surface area contributed by atoms with Gasteiger partial charge in [0.25, 0.3) is 0 Å². The van der Waals surface area contributed by atoms with Crippen LogP contribution in [-0.2, 0) is 4.74 Å². The summed E-state index contributed by atoms with van der Waals surface area (Å²) in [5.41, 5.74) is 1.19. The van der Waals surface area contributed by atoms with Crippen LogP contribution in [-0.4, -0.2) is 12.6 Å². The molecule has 0 spiro atoms. The zero-order chi connectivity index (χ0) is 11.7. The number of carbonyl (C=O) groups is 1. The van der Waals surface area contributed by atoms with Gasteiger partial charge in [-0.25, -0.2) is 4.79 Å². The standard InChI is InChI=1S/C12H11BrO2S/c1-3-15-12(14)11-10(13)8-5-4-7(2)6-9(8)16-11/h4-6H,3H2,1-2H3. The second-order valence-electron chi connectivity index (χ2n) is 3.47. The number of hydrogen-bond acceptors (Lipinski definition) is 3. The summed E-state index contributed by atoms with van der Waals surface area (Å²) in [5, 5.41) is 1.07. The van der Waals surface area contributed by atoms with Crippen molar-refractivity contribution in [1.82, 2.24) is 0 Å². The smallest absolute Gasteiger partial charge is 0.349 e. The summed E-state index contributed by atoms with van der Waals surface area (Å²) in [6.07, 6.45) is 0. The van der Waals surface area contributed by atoms with Gasteiger partial charge in [0, 0.05) is 10.1 Å². The van der Waals surface area contributed by atoms with Gasteiger partial charge in [-0.05, 0) is 41.4 Å². The first-order valence-corrected chi connectivity index (χ1v) is 6.60. The topological polar surface area (TPSA) is 26.3 Å². The fourth-order valence-corrected chi connectivity index (χ4v) is 3.47. The van der Waals surface area contributed by atoms with Crippen molar-refractivity contribution in [2.45, 2.75) is 13.8 Å². The van der Waals surface area contributed by atoms with Crippen molar-refractivity contribution in [1.29, 1.82) is 0 Å². The number of halogens is 1. The first kappa shape index (κ1) is 11.6. The third kappa shape index (κ3) is 1.99. The molecule has 0 amide bonds. The number of ether oxygens (including phenoxy) is 1. The molecule has 0 aliphatic heterocycles. The minimum atomic E-state index is -0.256. The molecule has 0 unspecified atom stereocenters. The van der Waals surface area contributed by atoms with Crippen molar-refractivity contribution in [3.05, 3.63) is 33.1 Å². The van der Waals surface area contributed by atoms with Gasteiger partial charge in [0.15, 0.2) is 0 Å². The van der Waals surface area contributed by atoms with E-state index in [1.165, 1.54) is 16.9 Å². The number of thiophene rings is 1. The largest absolute Gasteiger partial charge is 0.462 e. The predicted octanol–water partition coefficient (Wildman–Crippen LogP) is 4.15.